The quantitative estimate of drug-likeness (QED) is 0.496. The summed E-state index contributed by atoms with van der Waals surface area (Å²) in [5.74, 6) is 0.913. The Morgan fingerprint density at radius 3 is 2.71 bits per heavy atom. The number of piperidine rings is 1. The maximum atomic E-state index is 14.6. The fourth-order valence-electron chi connectivity index (χ4n) is 5.82. The maximum Gasteiger partial charge on any atom is 0.141 e. The van der Waals surface area contributed by atoms with Crippen molar-refractivity contribution in [2.24, 2.45) is 5.92 Å². The lowest BCUT2D eigenvalue weighted by Gasteiger charge is -2.40. The van der Waals surface area contributed by atoms with Crippen LogP contribution in [0.1, 0.15) is 48.8 Å². The number of imidazole rings is 1. The third-order valence-corrected chi connectivity index (χ3v) is 7.96. The van der Waals surface area contributed by atoms with Gasteiger partial charge in [-0.1, -0.05) is 22.0 Å². The summed E-state index contributed by atoms with van der Waals surface area (Å²) in [4.78, 5) is 7.24. The molecule has 2 heterocycles. The molecule has 34 heavy (non-hydrogen) atoms. The van der Waals surface area contributed by atoms with Gasteiger partial charge in [-0.15, -0.1) is 0 Å². The van der Waals surface area contributed by atoms with Gasteiger partial charge in [-0.25, -0.2) is 9.37 Å². The molecule has 1 aromatic heterocycles. The summed E-state index contributed by atoms with van der Waals surface area (Å²) in [5.41, 5.74) is 3.75. The Morgan fingerprint density at radius 1 is 1.21 bits per heavy atom. The molecular formula is C27H33BrFN3O2. The van der Waals surface area contributed by atoms with E-state index in [4.69, 9.17) is 9.72 Å². The molecule has 7 heteroatoms. The van der Waals surface area contributed by atoms with Gasteiger partial charge in [0.1, 0.15) is 17.2 Å². The molecule has 1 N–H and O–H groups in total. The fourth-order valence-corrected chi connectivity index (χ4v) is 6.23. The number of methoxy groups -OCH3 is 1. The molecule has 1 aliphatic heterocycles. The second-order valence-corrected chi connectivity index (χ2v) is 11.4. The molecule has 0 spiro atoms. The number of hydrogen-bond donors (Lipinski definition) is 1. The second kappa shape index (κ2) is 9.01. The first-order chi connectivity index (χ1) is 16.1. The number of benzene rings is 2. The Hall–Kier alpha value is -1.80. The molecule has 3 aromatic rings. The average Bonchev–Trinajstić information content (AvgIpc) is 3.34. The van der Waals surface area contributed by atoms with Crippen molar-refractivity contribution < 1.29 is 14.2 Å². The third kappa shape index (κ3) is 4.43. The van der Waals surface area contributed by atoms with Crippen LogP contribution < -0.4 is 0 Å². The Bertz CT molecular complexity index is 1220. The van der Waals surface area contributed by atoms with Gasteiger partial charge in [-0.05, 0) is 80.8 Å². The van der Waals surface area contributed by atoms with Crippen LogP contribution in [-0.2, 0) is 23.2 Å². The summed E-state index contributed by atoms with van der Waals surface area (Å²) in [7, 11) is 1.75. The van der Waals surface area contributed by atoms with Crippen molar-refractivity contribution in [3.8, 4) is 0 Å². The lowest BCUT2D eigenvalue weighted by atomic mass is 9.97. The lowest BCUT2D eigenvalue weighted by molar-refractivity contribution is -0.0152. The van der Waals surface area contributed by atoms with Gasteiger partial charge < -0.3 is 19.3 Å². The normalized spacial score (nSPS) is 23.6. The summed E-state index contributed by atoms with van der Waals surface area (Å²) in [6.45, 7) is 7.99. The second-order valence-electron chi connectivity index (χ2n) is 10.5. The van der Waals surface area contributed by atoms with Crippen LogP contribution in [0.2, 0.25) is 0 Å². The molecule has 5 rings (SSSR count). The minimum atomic E-state index is -1.15. The molecule has 3 atom stereocenters. The Balaban J connectivity index is 1.39. The van der Waals surface area contributed by atoms with E-state index in [0.717, 1.165) is 48.9 Å². The highest BCUT2D eigenvalue weighted by Crippen LogP contribution is 2.36. The Labute approximate surface area is 209 Å². The van der Waals surface area contributed by atoms with Crippen molar-refractivity contribution in [3.05, 3.63) is 63.1 Å². The van der Waals surface area contributed by atoms with Crippen molar-refractivity contribution in [3.63, 3.8) is 0 Å². The van der Waals surface area contributed by atoms with Crippen LogP contribution in [0.3, 0.4) is 0 Å². The van der Waals surface area contributed by atoms with Crippen LogP contribution in [0, 0.1) is 18.7 Å². The highest BCUT2D eigenvalue weighted by Gasteiger charge is 2.37. The van der Waals surface area contributed by atoms with E-state index in [1.54, 1.807) is 40.0 Å². The van der Waals surface area contributed by atoms with E-state index in [1.165, 1.54) is 11.1 Å². The van der Waals surface area contributed by atoms with Gasteiger partial charge in [0, 0.05) is 37.3 Å². The molecule has 0 radical (unpaired) electrons. The van der Waals surface area contributed by atoms with Crippen LogP contribution in [-0.4, -0.2) is 52.4 Å². The number of aryl methyl sites for hydroxylation is 1. The maximum absolute atomic E-state index is 14.6. The Kier molecular flexibility index (Phi) is 6.34. The first-order valence-electron chi connectivity index (χ1n) is 12.1. The zero-order chi connectivity index (χ0) is 24.2. The summed E-state index contributed by atoms with van der Waals surface area (Å²) >= 11 is 3.60. The predicted octanol–water partition coefficient (Wildman–Crippen LogP) is 5.15. The van der Waals surface area contributed by atoms with Crippen molar-refractivity contribution in [1.82, 2.24) is 14.5 Å². The van der Waals surface area contributed by atoms with Crippen molar-refractivity contribution >= 4 is 27.0 Å². The van der Waals surface area contributed by atoms with Crippen LogP contribution in [0.4, 0.5) is 4.39 Å². The number of hydrogen-bond acceptors (Lipinski definition) is 4. The fraction of sp³-hybridized carbons (Fsp3) is 0.519. The number of fused-ring (bicyclic) bond motifs is 2. The van der Waals surface area contributed by atoms with Crippen LogP contribution >= 0.6 is 15.9 Å². The molecular weight excluding hydrogens is 497 g/mol. The van der Waals surface area contributed by atoms with E-state index >= 15 is 0 Å². The molecule has 1 fully saturated rings. The van der Waals surface area contributed by atoms with Gasteiger partial charge in [0.2, 0.25) is 0 Å². The van der Waals surface area contributed by atoms with E-state index in [0.29, 0.717) is 22.8 Å². The van der Waals surface area contributed by atoms with E-state index in [1.807, 2.05) is 4.57 Å². The van der Waals surface area contributed by atoms with E-state index in [2.05, 4.69) is 39.0 Å². The average molecular weight is 530 g/mol. The standard InChI is InChI=1S/C27H33BrFN3O2/c1-16-9-22-24(13-21(16)29)32(26(30-22)27(2,3)33)23-7-8-31(15-25(23)34-4)14-17-10-18-5-6-20(28)12-19(18)11-17/h5-6,9,12-13,17,23,25,33H,7-8,10-11,14-15H2,1-4H3/t17-,23+,25-/m0/s1. The van der Waals surface area contributed by atoms with Gasteiger partial charge in [0.25, 0.3) is 0 Å². The van der Waals surface area contributed by atoms with Crippen LogP contribution in [0.15, 0.2) is 34.8 Å². The number of likely N-dealkylation sites (tertiary alicyclic amines) is 1. The number of halogens is 2. The number of rotatable bonds is 5. The molecule has 0 bridgehead atoms. The van der Waals surface area contributed by atoms with E-state index in [9.17, 15) is 9.50 Å². The van der Waals surface area contributed by atoms with Crippen LogP contribution in [0.25, 0.3) is 11.0 Å². The van der Waals surface area contributed by atoms with Gasteiger partial charge in [-0.3, -0.25) is 0 Å². The van der Waals surface area contributed by atoms with E-state index in [-0.39, 0.29) is 18.0 Å². The molecule has 1 aliphatic carbocycles. The third-order valence-electron chi connectivity index (χ3n) is 7.46. The van der Waals surface area contributed by atoms with Gasteiger partial charge in [-0.2, -0.15) is 0 Å². The smallest absolute Gasteiger partial charge is 0.141 e. The molecule has 2 aromatic carbocycles. The highest BCUT2D eigenvalue weighted by atomic mass is 79.9. The molecule has 1 saturated heterocycles. The predicted molar refractivity (Wildman–Crippen MR) is 136 cm³/mol. The first-order valence-corrected chi connectivity index (χ1v) is 12.9. The molecule has 5 nitrogen and oxygen atoms in total. The Morgan fingerprint density at radius 2 is 1.97 bits per heavy atom. The van der Waals surface area contributed by atoms with Gasteiger partial charge in [0.15, 0.2) is 0 Å². The lowest BCUT2D eigenvalue weighted by Crippen LogP contribution is -2.47. The van der Waals surface area contributed by atoms with Crippen LogP contribution in [0.5, 0.6) is 0 Å². The summed E-state index contributed by atoms with van der Waals surface area (Å²) in [6, 6.07) is 9.93. The van der Waals surface area contributed by atoms with E-state index < -0.39 is 5.60 Å². The molecule has 0 saturated carbocycles. The minimum absolute atomic E-state index is 0.0217. The van der Waals surface area contributed by atoms with Crippen molar-refractivity contribution in [2.75, 3.05) is 26.7 Å². The largest absolute Gasteiger partial charge is 0.383 e. The summed E-state index contributed by atoms with van der Waals surface area (Å²) < 4.78 is 23.7. The monoisotopic (exact) mass is 529 g/mol. The topological polar surface area (TPSA) is 50.5 Å². The van der Waals surface area contributed by atoms with Gasteiger partial charge >= 0.3 is 0 Å². The minimum Gasteiger partial charge on any atom is -0.383 e. The van der Waals surface area contributed by atoms with Crippen molar-refractivity contribution in [2.45, 2.75) is 57.8 Å². The zero-order valence-corrected chi connectivity index (χ0v) is 21.9. The molecule has 0 amide bonds. The van der Waals surface area contributed by atoms with Gasteiger partial charge in [0.05, 0.1) is 23.2 Å². The first kappa shape index (κ1) is 23.9. The number of nitrogens with zero attached hydrogens (tertiary/aromatic N) is 3. The van der Waals surface area contributed by atoms with Crippen molar-refractivity contribution in [1.29, 1.82) is 0 Å². The number of aromatic nitrogens is 2. The molecule has 2 aliphatic rings. The summed E-state index contributed by atoms with van der Waals surface area (Å²) in [6.07, 6.45) is 3.01. The molecule has 182 valence electrons. The molecule has 0 unspecified atom stereocenters. The number of ether oxygens (including phenoxy) is 1. The summed E-state index contributed by atoms with van der Waals surface area (Å²) in [5, 5.41) is 10.9. The zero-order valence-electron chi connectivity index (χ0n) is 20.3. The number of aliphatic hydroxyl groups is 1. The highest BCUT2D eigenvalue weighted by molar-refractivity contribution is 9.10. The SMILES string of the molecule is CO[C@H]1CN(C[C@H]2Cc3ccc(Br)cc3C2)CC[C@H]1n1c(C(C)(C)O)nc2cc(C)c(F)cc21.